The van der Waals surface area contributed by atoms with Crippen LogP contribution >= 0.6 is 22.9 Å². The molecule has 4 aromatic rings. The van der Waals surface area contributed by atoms with Crippen LogP contribution in [0.1, 0.15) is 77.4 Å². The molecule has 0 aliphatic carbocycles. The molecule has 2 atom stereocenters. The Morgan fingerprint density at radius 3 is 2.33 bits per heavy atom. The Bertz CT molecular complexity index is 1750. The number of benzene rings is 3. The molecular formula is C36H33ClN2O5S. The maximum absolute atomic E-state index is 13.0. The third kappa shape index (κ3) is 6.62. The van der Waals surface area contributed by atoms with Crippen LogP contribution in [0.25, 0.3) is 5.57 Å². The topological polar surface area (TPSA) is 95.0 Å². The molecule has 1 saturated heterocycles. The minimum absolute atomic E-state index is 0.109. The quantitative estimate of drug-likeness (QED) is 0.113. The summed E-state index contributed by atoms with van der Waals surface area (Å²) in [6.45, 7) is 3.70. The van der Waals surface area contributed by atoms with Gasteiger partial charge in [0.25, 0.3) is 11.8 Å². The van der Waals surface area contributed by atoms with Crippen LogP contribution in [0.4, 0.5) is 5.69 Å². The molecule has 230 valence electrons. The number of fused-ring (bicyclic) bond motifs is 3. The lowest BCUT2D eigenvalue weighted by atomic mass is 9.96. The van der Waals surface area contributed by atoms with E-state index in [4.69, 9.17) is 16.7 Å². The van der Waals surface area contributed by atoms with Gasteiger partial charge in [-0.1, -0.05) is 98.5 Å². The Morgan fingerprint density at radius 1 is 0.933 bits per heavy atom. The van der Waals surface area contributed by atoms with E-state index in [9.17, 15) is 19.2 Å². The number of carbonyl (C=O) groups excluding carboxylic acids is 3. The van der Waals surface area contributed by atoms with Crippen LogP contribution in [0, 0.1) is 5.92 Å². The van der Waals surface area contributed by atoms with Crippen LogP contribution in [0.2, 0.25) is 5.02 Å². The minimum Gasteiger partial charge on any atom is -0.481 e. The molecular weight excluding hydrogens is 608 g/mol. The fourth-order valence-corrected chi connectivity index (χ4v) is 6.37. The van der Waals surface area contributed by atoms with E-state index in [2.05, 4.69) is 6.92 Å². The molecule has 45 heavy (non-hydrogen) atoms. The van der Waals surface area contributed by atoms with Crippen LogP contribution in [-0.2, 0) is 14.4 Å². The van der Waals surface area contributed by atoms with Crippen molar-refractivity contribution in [2.75, 3.05) is 5.01 Å². The van der Waals surface area contributed by atoms with E-state index in [0.717, 1.165) is 41.6 Å². The molecule has 0 spiro atoms. The summed E-state index contributed by atoms with van der Waals surface area (Å²) in [6.07, 6.45) is 5.45. The number of unbranched alkanes of at least 4 members (excludes halogenated alkanes) is 2. The lowest BCUT2D eigenvalue weighted by molar-refractivity contribution is -0.138. The van der Waals surface area contributed by atoms with Crippen molar-refractivity contribution in [3.63, 3.8) is 0 Å². The van der Waals surface area contributed by atoms with Gasteiger partial charge in [0.1, 0.15) is 5.92 Å². The summed E-state index contributed by atoms with van der Waals surface area (Å²) < 4.78 is 0. The van der Waals surface area contributed by atoms with E-state index in [-0.39, 0.29) is 22.6 Å². The van der Waals surface area contributed by atoms with Crippen LogP contribution in [0.3, 0.4) is 0 Å². The van der Waals surface area contributed by atoms with Crippen molar-refractivity contribution < 1.29 is 24.3 Å². The van der Waals surface area contributed by atoms with Gasteiger partial charge in [-0.05, 0) is 54.1 Å². The Kier molecular flexibility index (Phi) is 9.96. The van der Waals surface area contributed by atoms with Crippen molar-refractivity contribution in [3.8, 4) is 0 Å². The van der Waals surface area contributed by atoms with E-state index < -0.39 is 17.8 Å². The normalized spacial score (nSPS) is 15.9. The van der Waals surface area contributed by atoms with E-state index in [1.807, 2.05) is 66.2 Å². The zero-order chi connectivity index (χ0) is 32.1. The molecule has 2 unspecified atom stereocenters. The van der Waals surface area contributed by atoms with Crippen molar-refractivity contribution >= 4 is 57.8 Å². The van der Waals surface area contributed by atoms with Crippen molar-refractivity contribution in [3.05, 3.63) is 129 Å². The highest BCUT2D eigenvalue weighted by Gasteiger charge is 2.47. The average molecular weight is 641 g/mol. The van der Waals surface area contributed by atoms with Crippen LogP contribution in [-0.4, -0.2) is 33.7 Å². The highest BCUT2D eigenvalue weighted by Crippen LogP contribution is 2.41. The number of nitrogens with zero attached hydrogens (tertiary/aromatic N) is 2. The Balaban J connectivity index is 0.000000187. The van der Waals surface area contributed by atoms with Gasteiger partial charge in [0.05, 0.1) is 21.5 Å². The summed E-state index contributed by atoms with van der Waals surface area (Å²) in [5.41, 5.74) is 4.74. The second-order valence-electron chi connectivity index (χ2n) is 10.9. The molecule has 1 N–H and O–H groups in total. The van der Waals surface area contributed by atoms with Crippen LogP contribution in [0.5, 0.6) is 0 Å². The highest BCUT2D eigenvalue weighted by molar-refractivity contribution is 7.12. The van der Waals surface area contributed by atoms with Crippen molar-refractivity contribution in [1.29, 1.82) is 0 Å². The summed E-state index contributed by atoms with van der Waals surface area (Å²) in [5, 5.41) is 14.1. The number of anilines is 1. The number of rotatable bonds is 9. The number of thiophene rings is 1. The molecule has 1 aromatic heterocycles. The number of ketones is 1. The first-order valence-corrected chi connectivity index (χ1v) is 16.1. The lowest BCUT2D eigenvalue weighted by Crippen LogP contribution is -2.40. The van der Waals surface area contributed by atoms with Gasteiger partial charge >= 0.3 is 5.97 Å². The average Bonchev–Trinajstić information content (AvgIpc) is 3.68. The molecule has 2 aliphatic rings. The monoisotopic (exact) mass is 640 g/mol. The molecule has 2 aliphatic heterocycles. The second kappa shape index (κ2) is 14.1. The summed E-state index contributed by atoms with van der Waals surface area (Å²) in [6, 6.07) is 26.1. The van der Waals surface area contributed by atoms with E-state index in [1.165, 1.54) is 16.3 Å². The van der Waals surface area contributed by atoms with Crippen LogP contribution < -0.4 is 5.01 Å². The standard InChI is InChI=1S/C22H22N2O2.C14H11ClO3S/c1-2-3-5-13-18-21(25)23-15-19(16-10-6-4-7-11-16)17-12-8-9-14-20(17)24(23)22(18)26;1-8(14(17)18)9-4-5-10(11(15)7-9)13(16)12-3-2-6-19-12/h4,6-12,14-15,18H,2-3,5,13H2,1H3;2-8H,1H3,(H,17,18). The molecule has 0 saturated carbocycles. The number of carboxylic acids is 1. The van der Waals surface area contributed by atoms with Crippen molar-refractivity contribution in [2.24, 2.45) is 5.92 Å². The van der Waals surface area contributed by atoms with Gasteiger partial charge in [-0.15, -0.1) is 11.3 Å². The summed E-state index contributed by atoms with van der Waals surface area (Å²) >= 11 is 7.43. The maximum atomic E-state index is 13.0. The van der Waals surface area contributed by atoms with Gasteiger partial charge in [-0.25, -0.2) is 10.0 Å². The molecule has 6 rings (SSSR count). The second-order valence-corrected chi connectivity index (χ2v) is 12.3. The van der Waals surface area contributed by atoms with Gasteiger partial charge in [0.15, 0.2) is 0 Å². The van der Waals surface area contributed by atoms with Gasteiger partial charge in [0.2, 0.25) is 5.78 Å². The number of amides is 2. The zero-order valence-electron chi connectivity index (χ0n) is 25.0. The molecule has 9 heteroatoms. The van der Waals surface area contributed by atoms with Crippen molar-refractivity contribution in [2.45, 2.75) is 45.4 Å². The number of hydrogen-bond donors (Lipinski definition) is 1. The van der Waals surface area contributed by atoms with Crippen molar-refractivity contribution in [1.82, 2.24) is 5.01 Å². The van der Waals surface area contributed by atoms with Crippen LogP contribution in [0.15, 0.2) is 96.5 Å². The SMILES string of the molecule is CC(C(=O)O)c1ccc(C(=O)c2cccs2)c(Cl)c1.CCCCCC1C(=O)N2C=C(c3ccccc3)c3ccccc3N2C1=O. The smallest absolute Gasteiger partial charge is 0.310 e. The number of para-hydroxylation sites is 1. The molecule has 0 radical (unpaired) electrons. The number of hydrogen-bond acceptors (Lipinski definition) is 5. The fourth-order valence-electron chi connectivity index (χ4n) is 5.41. The lowest BCUT2D eigenvalue weighted by Gasteiger charge is -2.32. The van der Waals surface area contributed by atoms with Gasteiger partial charge in [-0.3, -0.25) is 19.2 Å². The molecule has 0 bridgehead atoms. The highest BCUT2D eigenvalue weighted by atomic mass is 35.5. The third-order valence-electron chi connectivity index (χ3n) is 7.95. The molecule has 3 heterocycles. The first-order chi connectivity index (χ1) is 21.7. The minimum atomic E-state index is -0.923. The summed E-state index contributed by atoms with van der Waals surface area (Å²) in [5.74, 6) is -2.51. The van der Waals surface area contributed by atoms with Gasteiger partial charge in [-0.2, -0.15) is 0 Å². The third-order valence-corrected chi connectivity index (χ3v) is 9.14. The Labute approximate surface area is 271 Å². The largest absolute Gasteiger partial charge is 0.481 e. The number of aliphatic carboxylic acids is 1. The number of carbonyl (C=O) groups is 4. The summed E-state index contributed by atoms with van der Waals surface area (Å²) in [4.78, 5) is 49.6. The molecule has 7 nitrogen and oxygen atoms in total. The molecule has 3 aromatic carbocycles. The Morgan fingerprint density at radius 2 is 1.67 bits per heavy atom. The number of carboxylic acid groups (broad SMARTS) is 1. The zero-order valence-corrected chi connectivity index (χ0v) is 26.6. The first-order valence-electron chi connectivity index (χ1n) is 14.9. The predicted molar refractivity (Wildman–Crippen MR) is 177 cm³/mol. The molecule has 2 amide bonds. The number of hydrazine groups is 1. The van der Waals surface area contributed by atoms with E-state index in [1.54, 1.807) is 42.3 Å². The van der Waals surface area contributed by atoms with E-state index >= 15 is 0 Å². The fraction of sp³-hybridized carbons (Fsp3) is 0.222. The predicted octanol–water partition coefficient (Wildman–Crippen LogP) is 8.20. The molecule has 1 fully saturated rings. The summed E-state index contributed by atoms with van der Waals surface area (Å²) in [7, 11) is 0. The van der Waals surface area contributed by atoms with Gasteiger partial charge in [0, 0.05) is 22.9 Å². The van der Waals surface area contributed by atoms with E-state index in [0.29, 0.717) is 22.4 Å². The number of halogens is 1. The van der Waals surface area contributed by atoms with Gasteiger partial charge < -0.3 is 5.11 Å². The Hall–Kier alpha value is -4.53. The first kappa shape index (κ1) is 31.9. The maximum Gasteiger partial charge on any atom is 0.310 e.